The van der Waals surface area contributed by atoms with Crippen molar-refractivity contribution in [2.24, 2.45) is 0 Å². The summed E-state index contributed by atoms with van der Waals surface area (Å²) in [4.78, 5) is 25.1. The molecule has 1 N–H and O–H groups in total. The molecule has 2 aromatic carbocycles. The summed E-state index contributed by atoms with van der Waals surface area (Å²) in [6.07, 6.45) is 1.24. The average molecular weight is 547 g/mol. The highest BCUT2D eigenvalue weighted by molar-refractivity contribution is 7.93. The van der Waals surface area contributed by atoms with Crippen molar-refractivity contribution in [3.05, 3.63) is 63.7 Å². The minimum absolute atomic E-state index is 0.0119. The molecule has 0 bridgehead atoms. The average Bonchev–Trinajstić information content (AvgIpc) is 3.33. The highest BCUT2D eigenvalue weighted by Crippen LogP contribution is 2.37. The van der Waals surface area contributed by atoms with Crippen molar-refractivity contribution >= 4 is 55.9 Å². The maximum Gasteiger partial charge on any atom is 0.343 e. The zero-order valence-electron chi connectivity index (χ0n) is 19.2. The third kappa shape index (κ3) is 6.25. The molecule has 0 radical (unpaired) electrons. The van der Waals surface area contributed by atoms with E-state index >= 15 is 0 Å². The Morgan fingerprint density at radius 3 is 2.64 bits per heavy atom. The van der Waals surface area contributed by atoms with Crippen LogP contribution in [0.25, 0.3) is 6.08 Å². The summed E-state index contributed by atoms with van der Waals surface area (Å²) in [5.41, 5.74) is 1.19. The quantitative estimate of drug-likeness (QED) is 0.145. The zero-order chi connectivity index (χ0) is 26.5. The van der Waals surface area contributed by atoms with Crippen LogP contribution in [0.4, 0.5) is 5.13 Å². The Morgan fingerprint density at radius 2 is 2.00 bits per heavy atom. The van der Waals surface area contributed by atoms with Gasteiger partial charge in [-0.2, -0.15) is 5.26 Å². The molecule has 3 aromatic rings. The minimum atomic E-state index is -3.58. The molecule has 1 amide bonds. The molecule has 0 fully saturated rings. The molecule has 0 unspecified atom stereocenters. The molecule has 0 saturated carbocycles. The number of esters is 1. The number of hydrogen-bond donors (Lipinski definition) is 1. The number of nitrogens with one attached hydrogen (secondary N) is 1. The molecular weight excluding hydrogens is 528 g/mol. The Hall–Kier alpha value is -3.79. The highest BCUT2D eigenvalue weighted by atomic mass is 35.5. The molecule has 3 rings (SSSR count). The number of carbonyl (C=O) groups excluding carboxylic acids is 2. The molecule has 1 aromatic heterocycles. The highest BCUT2D eigenvalue weighted by Gasteiger charge is 2.21. The van der Waals surface area contributed by atoms with E-state index in [9.17, 15) is 23.3 Å². The molecule has 13 heteroatoms. The summed E-state index contributed by atoms with van der Waals surface area (Å²) in [6.45, 7) is 3.30. The van der Waals surface area contributed by atoms with Crippen LogP contribution in [-0.2, 0) is 14.6 Å². The van der Waals surface area contributed by atoms with Gasteiger partial charge in [0.25, 0.3) is 5.91 Å². The largest absolute Gasteiger partial charge is 0.493 e. The van der Waals surface area contributed by atoms with Gasteiger partial charge < -0.3 is 9.47 Å². The van der Waals surface area contributed by atoms with E-state index in [0.717, 1.165) is 5.56 Å². The minimum Gasteiger partial charge on any atom is -0.493 e. The predicted molar refractivity (Wildman–Crippen MR) is 134 cm³/mol. The van der Waals surface area contributed by atoms with Crippen molar-refractivity contribution in [3.8, 4) is 17.6 Å². The van der Waals surface area contributed by atoms with E-state index in [1.165, 1.54) is 32.2 Å². The van der Waals surface area contributed by atoms with Gasteiger partial charge in [0.05, 0.1) is 23.4 Å². The molecule has 0 aliphatic rings. The topological polar surface area (TPSA) is 148 Å². The lowest BCUT2D eigenvalue weighted by Crippen LogP contribution is -2.13. The first-order chi connectivity index (χ1) is 17.1. The second kappa shape index (κ2) is 11.3. The maximum atomic E-state index is 12.6. The van der Waals surface area contributed by atoms with Crippen molar-refractivity contribution in [1.29, 1.82) is 5.26 Å². The fraction of sp³-hybridized carbons (Fsp3) is 0.174. The molecular formula is C23H19ClN4O6S2. The summed E-state index contributed by atoms with van der Waals surface area (Å²) < 4.78 is 34.3. The van der Waals surface area contributed by atoms with Crippen LogP contribution in [0.2, 0.25) is 5.02 Å². The molecule has 1 heterocycles. The van der Waals surface area contributed by atoms with Gasteiger partial charge in [-0.3, -0.25) is 10.1 Å². The lowest BCUT2D eigenvalue weighted by molar-refractivity contribution is -0.112. The number of sulfone groups is 1. The first-order valence-corrected chi connectivity index (χ1v) is 13.1. The lowest BCUT2D eigenvalue weighted by Gasteiger charge is -2.12. The Labute approximate surface area is 216 Å². The van der Waals surface area contributed by atoms with Crippen LogP contribution in [0.5, 0.6) is 11.5 Å². The van der Waals surface area contributed by atoms with Gasteiger partial charge in [-0.1, -0.05) is 47.6 Å². The Bertz CT molecular complexity index is 1510. The van der Waals surface area contributed by atoms with E-state index in [-0.39, 0.29) is 37.3 Å². The van der Waals surface area contributed by atoms with Crippen LogP contribution in [0.3, 0.4) is 0 Å². The van der Waals surface area contributed by atoms with Crippen LogP contribution < -0.4 is 14.8 Å². The van der Waals surface area contributed by atoms with Crippen molar-refractivity contribution in [2.75, 3.05) is 18.2 Å². The second-order valence-electron chi connectivity index (χ2n) is 7.19. The smallest absolute Gasteiger partial charge is 0.343 e. The Morgan fingerprint density at radius 1 is 1.25 bits per heavy atom. The van der Waals surface area contributed by atoms with Gasteiger partial charge in [0.15, 0.2) is 11.5 Å². The first-order valence-electron chi connectivity index (χ1n) is 10.2. The Kier molecular flexibility index (Phi) is 8.41. The van der Waals surface area contributed by atoms with Crippen LogP contribution in [-0.4, -0.2) is 43.4 Å². The second-order valence-corrected chi connectivity index (χ2v) is 11.0. The van der Waals surface area contributed by atoms with Crippen LogP contribution >= 0.6 is 22.9 Å². The fourth-order valence-electron chi connectivity index (χ4n) is 2.83. The first kappa shape index (κ1) is 26.8. The number of anilines is 1. The Balaban J connectivity index is 1.84. The molecule has 0 aliphatic carbocycles. The van der Waals surface area contributed by atoms with Crippen LogP contribution in [0, 0.1) is 18.3 Å². The normalized spacial score (nSPS) is 11.5. The van der Waals surface area contributed by atoms with E-state index < -0.39 is 21.7 Å². The number of halogens is 1. The van der Waals surface area contributed by atoms with Crippen molar-refractivity contribution in [3.63, 3.8) is 0 Å². The SMILES string of the molecule is CCS(=O)(=O)c1nnc(NC(=O)C(C#N)=Cc2cc(Cl)c(OC(=O)c3cccc(C)c3)c(OC)c2)s1. The fourth-order valence-corrected chi connectivity index (χ4v) is 5.08. The van der Waals surface area contributed by atoms with Crippen LogP contribution in [0.15, 0.2) is 46.3 Å². The number of nitrogens with zero attached hydrogens (tertiary/aromatic N) is 3. The van der Waals surface area contributed by atoms with Gasteiger partial charge in [-0.05, 0) is 42.8 Å². The summed E-state index contributed by atoms with van der Waals surface area (Å²) in [6, 6.07) is 11.4. The number of carbonyl (C=O) groups is 2. The van der Waals surface area contributed by atoms with Gasteiger partial charge in [0.1, 0.15) is 11.6 Å². The van der Waals surface area contributed by atoms with Gasteiger partial charge in [0, 0.05) is 0 Å². The number of ether oxygens (including phenoxy) is 2. The number of aryl methyl sites for hydroxylation is 1. The third-order valence-electron chi connectivity index (χ3n) is 4.65. The van der Waals surface area contributed by atoms with E-state index in [0.29, 0.717) is 22.5 Å². The number of hydrogen-bond acceptors (Lipinski definition) is 10. The summed E-state index contributed by atoms with van der Waals surface area (Å²) in [7, 11) is -2.24. The predicted octanol–water partition coefficient (Wildman–Crippen LogP) is 4.07. The zero-order valence-corrected chi connectivity index (χ0v) is 21.6. The van der Waals surface area contributed by atoms with Gasteiger partial charge in [0.2, 0.25) is 19.3 Å². The molecule has 0 spiro atoms. The van der Waals surface area contributed by atoms with Gasteiger partial charge in [-0.15, -0.1) is 10.2 Å². The molecule has 186 valence electrons. The molecule has 0 saturated heterocycles. The van der Waals surface area contributed by atoms with Crippen molar-refractivity contribution < 1.29 is 27.5 Å². The summed E-state index contributed by atoms with van der Waals surface area (Å²) in [5.74, 6) is -1.56. The summed E-state index contributed by atoms with van der Waals surface area (Å²) in [5, 5.41) is 19.0. The molecule has 10 nitrogen and oxygen atoms in total. The van der Waals surface area contributed by atoms with Crippen molar-refractivity contribution in [1.82, 2.24) is 10.2 Å². The third-order valence-corrected chi connectivity index (χ3v) is 7.95. The molecule has 0 atom stereocenters. The number of amides is 1. The lowest BCUT2D eigenvalue weighted by atomic mass is 10.1. The summed E-state index contributed by atoms with van der Waals surface area (Å²) >= 11 is 7.00. The van der Waals surface area contributed by atoms with Crippen molar-refractivity contribution in [2.45, 2.75) is 18.2 Å². The number of nitriles is 1. The van der Waals surface area contributed by atoms with E-state index in [1.54, 1.807) is 24.3 Å². The van der Waals surface area contributed by atoms with E-state index in [1.807, 2.05) is 13.0 Å². The standard InChI is InChI=1S/C23H19ClN4O6S2/c1-4-36(31,32)23-28-27-22(35-23)26-20(29)16(12-25)9-14-10-17(24)19(18(11-14)33-3)34-21(30)15-7-5-6-13(2)8-15/h5-11H,4H2,1-3H3,(H,26,27,29). The van der Waals surface area contributed by atoms with Gasteiger partial charge in [-0.25, -0.2) is 13.2 Å². The number of rotatable bonds is 8. The van der Waals surface area contributed by atoms with E-state index in [4.69, 9.17) is 21.1 Å². The monoisotopic (exact) mass is 546 g/mol. The number of benzene rings is 2. The number of aromatic nitrogens is 2. The van der Waals surface area contributed by atoms with Gasteiger partial charge >= 0.3 is 5.97 Å². The number of methoxy groups -OCH3 is 1. The molecule has 36 heavy (non-hydrogen) atoms. The molecule has 0 aliphatic heterocycles. The van der Waals surface area contributed by atoms with Crippen LogP contribution in [0.1, 0.15) is 28.4 Å². The van der Waals surface area contributed by atoms with E-state index in [2.05, 4.69) is 15.5 Å². The maximum absolute atomic E-state index is 12.6.